The SMILES string of the molecule is C=CCC[C@H](CC)COC(=O)/C=C\C(=O)OC[C@@H](CC)CCC=C. The highest BCUT2D eigenvalue weighted by atomic mass is 16.5. The van der Waals surface area contributed by atoms with Crippen molar-refractivity contribution in [2.24, 2.45) is 11.8 Å². The van der Waals surface area contributed by atoms with E-state index >= 15 is 0 Å². The topological polar surface area (TPSA) is 52.6 Å². The fourth-order valence-electron chi connectivity index (χ4n) is 2.15. The van der Waals surface area contributed by atoms with Crippen LogP contribution < -0.4 is 0 Å². The molecule has 4 nitrogen and oxygen atoms in total. The maximum absolute atomic E-state index is 11.6. The molecule has 0 unspecified atom stereocenters. The molecule has 0 aromatic rings. The summed E-state index contributed by atoms with van der Waals surface area (Å²) in [6.45, 7) is 12.2. The molecule has 24 heavy (non-hydrogen) atoms. The Bertz CT molecular complexity index is 374. The minimum absolute atomic E-state index is 0.322. The van der Waals surface area contributed by atoms with Crippen LogP contribution in [-0.4, -0.2) is 25.2 Å². The number of hydrogen-bond acceptors (Lipinski definition) is 4. The molecule has 0 amide bonds. The van der Waals surface area contributed by atoms with Crippen LogP contribution in [0, 0.1) is 11.8 Å². The van der Waals surface area contributed by atoms with E-state index in [0.29, 0.717) is 25.0 Å². The Hall–Kier alpha value is -1.84. The van der Waals surface area contributed by atoms with Gasteiger partial charge < -0.3 is 9.47 Å². The van der Waals surface area contributed by atoms with Gasteiger partial charge in [0.1, 0.15) is 0 Å². The van der Waals surface area contributed by atoms with Crippen molar-refractivity contribution in [2.75, 3.05) is 13.2 Å². The zero-order valence-corrected chi connectivity index (χ0v) is 15.2. The lowest BCUT2D eigenvalue weighted by Gasteiger charge is -2.13. The zero-order valence-electron chi connectivity index (χ0n) is 15.2. The summed E-state index contributed by atoms with van der Waals surface area (Å²) in [4.78, 5) is 23.3. The highest BCUT2D eigenvalue weighted by Crippen LogP contribution is 2.13. The monoisotopic (exact) mass is 336 g/mol. The van der Waals surface area contributed by atoms with Gasteiger partial charge in [0.2, 0.25) is 0 Å². The molecule has 4 heteroatoms. The summed E-state index contributed by atoms with van der Waals surface area (Å²) < 4.78 is 10.3. The minimum atomic E-state index is -0.511. The van der Waals surface area contributed by atoms with Gasteiger partial charge >= 0.3 is 11.9 Å². The molecule has 2 atom stereocenters. The van der Waals surface area contributed by atoms with Crippen molar-refractivity contribution in [1.29, 1.82) is 0 Å². The molecule has 0 aliphatic heterocycles. The molecule has 0 aliphatic rings. The maximum atomic E-state index is 11.6. The van der Waals surface area contributed by atoms with Crippen molar-refractivity contribution in [3.05, 3.63) is 37.5 Å². The van der Waals surface area contributed by atoms with E-state index in [2.05, 4.69) is 27.0 Å². The van der Waals surface area contributed by atoms with Gasteiger partial charge in [0.25, 0.3) is 0 Å². The second kappa shape index (κ2) is 14.7. The summed E-state index contributed by atoms with van der Waals surface area (Å²) in [5, 5.41) is 0. The van der Waals surface area contributed by atoms with E-state index in [1.807, 2.05) is 12.2 Å². The lowest BCUT2D eigenvalue weighted by Crippen LogP contribution is -2.14. The molecule has 0 aromatic carbocycles. The van der Waals surface area contributed by atoms with Crippen molar-refractivity contribution >= 4 is 11.9 Å². The Labute approximate surface area is 146 Å². The van der Waals surface area contributed by atoms with Crippen LogP contribution in [0.2, 0.25) is 0 Å². The van der Waals surface area contributed by atoms with Gasteiger partial charge in [-0.2, -0.15) is 0 Å². The highest BCUT2D eigenvalue weighted by Gasteiger charge is 2.10. The summed E-state index contributed by atoms with van der Waals surface area (Å²) in [5.41, 5.74) is 0. The Morgan fingerprint density at radius 2 is 1.21 bits per heavy atom. The minimum Gasteiger partial charge on any atom is -0.462 e. The molecule has 0 fully saturated rings. The molecule has 0 rings (SSSR count). The van der Waals surface area contributed by atoms with Crippen molar-refractivity contribution in [2.45, 2.75) is 52.4 Å². The summed E-state index contributed by atoms with van der Waals surface area (Å²) in [7, 11) is 0. The van der Waals surface area contributed by atoms with E-state index in [0.717, 1.165) is 50.7 Å². The van der Waals surface area contributed by atoms with Gasteiger partial charge in [-0.3, -0.25) is 0 Å². The molecule has 0 saturated carbocycles. The van der Waals surface area contributed by atoms with Gasteiger partial charge in [-0.15, -0.1) is 13.2 Å². The summed E-state index contributed by atoms with van der Waals surface area (Å²) in [5.74, 6) is -0.379. The summed E-state index contributed by atoms with van der Waals surface area (Å²) in [6, 6.07) is 0. The first-order valence-corrected chi connectivity index (χ1v) is 8.80. The number of allylic oxidation sites excluding steroid dienone is 2. The largest absolute Gasteiger partial charge is 0.462 e. The molecule has 0 bridgehead atoms. The molecule has 0 heterocycles. The van der Waals surface area contributed by atoms with Crippen LogP contribution in [0.4, 0.5) is 0 Å². The van der Waals surface area contributed by atoms with Gasteiger partial charge in [-0.25, -0.2) is 9.59 Å². The Kier molecular flexibility index (Phi) is 13.6. The lowest BCUT2D eigenvalue weighted by atomic mass is 10.0. The maximum Gasteiger partial charge on any atom is 0.331 e. The fourth-order valence-corrected chi connectivity index (χ4v) is 2.15. The second-order valence-corrected chi connectivity index (χ2v) is 5.87. The van der Waals surface area contributed by atoms with Crippen LogP contribution >= 0.6 is 0 Å². The molecule has 0 radical (unpaired) electrons. The average Bonchev–Trinajstić information content (AvgIpc) is 2.60. The van der Waals surface area contributed by atoms with Gasteiger partial charge in [0.05, 0.1) is 13.2 Å². The van der Waals surface area contributed by atoms with Gasteiger partial charge in [-0.05, 0) is 37.5 Å². The summed E-state index contributed by atoms with van der Waals surface area (Å²) >= 11 is 0. The number of ether oxygens (including phenoxy) is 2. The molecule has 0 N–H and O–H groups in total. The Morgan fingerprint density at radius 3 is 1.50 bits per heavy atom. The molecular formula is C20H32O4. The first-order valence-electron chi connectivity index (χ1n) is 8.80. The predicted octanol–water partition coefficient (Wildman–Crippen LogP) is 4.61. The first kappa shape index (κ1) is 22.2. The van der Waals surface area contributed by atoms with Crippen LogP contribution in [0.5, 0.6) is 0 Å². The quantitative estimate of drug-likeness (QED) is 0.264. The van der Waals surface area contributed by atoms with E-state index in [1.54, 1.807) is 0 Å². The van der Waals surface area contributed by atoms with Crippen LogP contribution in [0.1, 0.15) is 52.4 Å². The van der Waals surface area contributed by atoms with Gasteiger partial charge in [-0.1, -0.05) is 38.8 Å². The zero-order chi connectivity index (χ0) is 18.2. The van der Waals surface area contributed by atoms with E-state index in [9.17, 15) is 9.59 Å². The van der Waals surface area contributed by atoms with Crippen molar-refractivity contribution < 1.29 is 19.1 Å². The second-order valence-electron chi connectivity index (χ2n) is 5.87. The molecule has 0 aliphatic carbocycles. The smallest absolute Gasteiger partial charge is 0.331 e. The number of hydrogen-bond donors (Lipinski definition) is 0. The van der Waals surface area contributed by atoms with E-state index < -0.39 is 11.9 Å². The number of carbonyl (C=O) groups is 2. The molecule has 136 valence electrons. The van der Waals surface area contributed by atoms with Crippen molar-refractivity contribution in [3.8, 4) is 0 Å². The fraction of sp³-hybridized carbons (Fsp3) is 0.600. The van der Waals surface area contributed by atoms with E-state index in [4.69, 9.17) is 9.47 Å². The lowest BCUT2D eigenvalue weighted by molar-refractivity contribution is -0.142. The average molecular weight is 336 g/mol. The molecule has 0 saturated heterocycles. The van der Waals surface area contributed by atoms with E-state index in [1.165, 1.54) is 0 Å². The van der Waals surface area contributed by atoms with Gasteiger partial charge in [0.15, 0.2) is 0 Å². The first-order chi connectivity index (χ1) is 11.6. The van der Waals surface area contributed by atoms with E-state index in [-0.39, 0.29) is 0 Å². The predicted molar refractivity (Wildman–Crippen MR) is 97.5 cm³/mol. The Balaban J connectivity index is 4.08. The number of esters is 2. The standard InChI is InChI=1S/C20H32O4/c1-5-9-11-17(7-3)15-23-19(21)13-14-20(22)24-16-18(8-4)12-10-6-2/h5-6,13-14,17-18H,1-2,7-12,15-16H2,3-4H3/b14-13-/t17-,18-/m0/s1. The summed E-state index contributed by atoms with van der Waals surface area (Å²) in [6.07, 6.45) is 11.6. The highest BCUT2D eigenvalue weighted by molar-refractivity contribution is 5.91. The van der Waals surface area contributed by atoms with Crippen LogP contribution in [-0.2, 0) is 19.1 Å². The normalized spacial score (nSPS) is 13.2. The van der Waals surface area contributed by atoms with Gasteiger partial charge in [0, 0.05) is 12.2 Å². The number of carbonyl (C=O) groups excluding carboxylic acids is 2. The van der Waals surface area contributed by atoms with Crippen molar-refractivity contribution in [3.63, 3.8) is 0 Å². The van der Waals surface area contributed by atoms with Crippen molar-refractivity contribution in [1.82, 2.24) is 0 Å². The third-order valence-electron chi connectivity index (χ3n) is 3.99. The molecule has 0 spiro atoms. The van der Waals surface area contributed by atoms with Crippen LogP contribution in [0.25, 0.3) is 0 Å². The third kappa shape index (κ3) is 11.7. The Morgan fingerprint density at radius 1 is 0.833 bits per heavy atom. The molecule has 0 aromatic heterocycles. The van der Waals surface area contributed by atoms with Crippen LogP contribution in [0.15, 0.2) is 37.5 Å². The molecular weight excluding hydrogens is 304 g/mol. The number of rotatable bonds is 14. The third-order valence-corrected chi connectivity index (χ3v) is 3.99. The van der Waals surface area contributed by atoms with Crippen LogP contribution in [0.3, 0.4) is 0 Å².